The fourth-order valence-electron chi connectivity index (χ4n) is 3.80. The molecule has 2 N–H and O–H groups in total. The summed E-state index contributed by atoms with van der Waals surface area (Å²) in [6.45, 7) is 4.11. The van der Waals surface area contributed by atoms with Crippen molar-refractivity contribution in [1.29, 1.82) is 0 Å². The summed E-state index contributed by atoms with van der Waals surface area (Å²) in [6, 6.07) is 17.8. The Balaban J connectivity index is 1.47. The zero-order valence-electron chi connectivity index (χ0n) is 16.1. The highest BCUT2D eigenvalue weighted by Crippen LogP contribution is 2.17. The van der Waals surface area contributed by atoms with Gasteiger partial charge in [0.25, 0.3) is 0 Å². The molecule has 3 aromatic rings. The van der Waals surface area contributed by atoms with Crippen molar-refractivity contribution in [1.82, 2.24) is 9.71 Å². The van der Waals surface area contributed by atoms with Crippen LogP contribution in [0, 0.1) is 0 Å². The van der Waals surface area contributed by atoms with Crippen molar-refractivity contribution in [2.24, 2.45) is 0 Å². The van der Waals surface area contributed by atoms with Gasteiger partial charge in [0.15, 0.2) is 0 Å². The molecular formula is C21H25N4O2S2+. The second kappa shape index (κ2) is 9.04. The Morgan fingerprint density at radius 1 is 1.07 bits per heavy atom. The number of benzene rings is 1. The predicted octanol–water partition coefficient (Wildman–Crippen LogP) is 1.57. The van der Waals surface area contributed by atoms with Crippen LogP contribution in [0.4, 0.5) is 5.69 Å². The van der Waals surface area contributed by atoms with Crippen molar-refractivity contribution in [3.63, 3.8) is 0 Å². The van der Waals surface area contributed by atoms with Gasteiger partial charge in [-0.2, -0.15) is 0 Å². The molecule has 0 amide bonds. The van der Waals surface area contributed by atoms with E-state index < -0.39 is 10.0 Å². The highest BCUT2D eigenvalue weighted by Gasteiger charge is 2.30. The van der Waals surface area contributed by atoms with Gasteiger partial charge in [0.05, 0.1) is 32.7 Å². The first-order chi connectivity index (χ1) is 14.1. The Morgan fingerprint density at radius 2 is 1.86 bits per heavy atom. The Hall–Kier alpha value is -2.26. The molecule has 0 bridgehead atoms. The molecule has 152 valence electrons. The summed E-state index contributed by atoms with van der Waals surface area (Å²) in [5.41, 5.74) is 2.30. The molecule has 1 aliphatic rings. The molecule has 1 unspecified atom stereocenters. The lowest BCUT2D eigenvalue weighted by Gasteiger charge is -2.37. The van der Waals surface area contributed by atoms with E-state index in [2.05, 4.69) is 38.9 Å². The van der Waals surface area contributed by atoms with Gasteiger partial charge in [-0.05, 0) is 35.7 Å². The van der Waals surface area contributed by atoms with Gasteiger partial charge < -0.3 is 9.80 Å². The number of quaternary nitrogens is 1. The Labute approximate surface area is 175 Å². The number of sulfonamides is 1. The van der Waals surface area contributed by atoms with Crippen LogP contribution in [-0.2, 0) is 10.0 Å². The average molecular weight is 430 g/mol. The van der Waals surface area contributed by atoms with E-state index in [1.165, 1.54) is 21.9 Å². The summed E-state index contributed by atoms with van der Waals surface area (Å²) in [4.78, 5) is 8.02. The molecule has 4 rings (SSSR count). The SMILES string of the molecule is O=S(=O)(NCC(c1cccnc1)[NH+]1CCN(c2ccccc2)CC1)c1cccs1. The third-order valence-corrected chi connectivity index (χ3v) is 8.17. The molecule has 1 atom stereocenters. The van der Waals surface area contributed by atoms with E-state index in [1.54, 1.807) is 23.7 Å². The lowest BCUT2D eigenvalue weighted by Crippen LogP contribution is -3.15. The zero-order valence-corrected chi connectivity index (χ0v) is 17.7. The van der Waals surface area contributed by atoms with Crippen LogP contribution in [0.15, 0.2) is 76.6 Å². The summed E-state index contributed by atoms with van der Waals surface area (Å²) < 4.78 is 28.4. The maximum Gasteiger partial charge on any atom is 0.250 e. The smallest absolute Gasteiger partial charge is 0.250 e. The van der Waals surface area contributed by atoms with Crippen LogP contribution in [0.2, 0.25) is 0 Å². The molecule has 8 heteroatoms. The zero-order chi connectivity index (χ0) is 20.1. The normalized spacial score (nSPS) is 16.6. The number of para-hydroxylation sites is 1. The number of thiophene rings is 1. The van der Waals surface area contributed by atoms with Crippen LogP contribution in [-0.4, -0.2) is 46.1 Å². The van der Waals surface area contributed by atoms with Crippen LogP contribution in [0.3, 0.4) is 0 Å². The minimum atomic E-state index is -3.49. The van der Waals surface area contributed by atoms with Crippen LogP contribution < -0.4 is 14.5 Å². The first-order valence-electron chi connectivity index (χ1n) is 9.71. The summed E-state index contributed by atoms with van der Waals surface area (Å²) in [5.74, 6) is 0. The minimum Gasteiger partial charge on any atom is -0.360 e. The van der Waals surface area contributed by atoms with E-state index in [-0.39, 0.29) is 6.04 Å². The quantitative estimate of drug-likeness (QED) is 0.598. The van der Waals surface area contributed by atoms with Gasteiger partial charge in [-0.1, -0.05) is 24.3 Å². The lowest BCUT2D eigenvalue weighted by atomic mass is 10.1. The van der Waals surface area contributed by atoms with Crippen molar-refractivity contribution in [3.05, 3.63) is 77.9 Å². The molecule has 2 aromatic heterocycles. The van der Waals surface area contributed by atoms with Gasteiger partial charge in [0.2, 0.25) is 10.0 Å². The topological polar surface area (TPSA) is 66.7 Å². The second-order valence-corrected chi connectivity index (χ2v) is 10.0. The van der Waals surface area contributed by atoms with Crippen LogP contribution in [0.25, 0.3) is 0 Å². The third kappa shape index (κ3) is 4.84. The number of anilines is 1. The minimum absolute atomic E-state index is 0.0244. The van der Waals surface area contributed by atoms with E-state index in [1.807, 2.05) is 24.4 Å². The number of aromatic nitrogens is 1. The Bertz CT molecular complexity index is 988. The Kier molecular flexibility index (Phi) is 6.25. The number of nitrogens with one attached hydrogen (secondary N) is 2. The first-order valence-corrected chi connectivity index (χ1v) is 12.1. The van der Waals surface area contributed by atoms with Gasteiger partial charge in [-0.25, -0.2) is 13.1 Å². The molecule has 1 aliphatic heterocycles. The second-order valence-electron chi connectivity index (χ2n) is 7.10. The van der Waals surface area contributed by atoms with E-state index in [0.717, 1.165) is 31.7 Å². The van der Waals surface area contributed by atoms with Gasteiger partial charge in [0.1, 0.15) is 10.3 Å². The molecular weight excluding hydrogens is 404 g/mol. The highest BCUT2D eigenvalue weighted by atomic mass is 32.2. The fraction of sp³-hybridized carbons (Fsp3) is 0.286. The van der Waals surface area contributed by atoms with Crippen molar-refractivity contribution in [2.45, 2.75) is 10.3 Å². The van der Waals surface area contributed by atoms with Gasteiger partial charge in [-0.3, -0.25) is 4.98 Å². The van der Waals surface area contributed by atoms with E-state index in [0.29, 0.717) is 10.8 Å². The van der Waals surface area contributed by atoms with Crippen LogP contribution >= 0.6 is 11.3 Å². The number of hydrogen-bond donors (Lipinski definition) is 2. The van der Waals surface area contributed by atoms with Crippen LogP contribution in [0.5, 0.6) is 0 Å². The average Bonchev–Trinajstić information content (AvgIpc) is 3.32. The molecule has 1 fully saturated rings. The van der Waals surface area contributed by atoms with Gasteiger partial charge in [0, 0.05) is 23.6 Å². The number of piperazine rings is 1. The first kappa shape index (κ1) is 20.0. The highest BCUT2D eigenvalue weighted by molar-refractivity contribution is 7.91. The largest absolute Gasteiger partial charge is 0.360 e. The summed E-state index contributed by atoms with van der Waals surface area (Å²) in [6.07, 6.45) is 3.60. The molecule has 1 saturated heterocycles. The van der Waals surface area contributed by atoms with Crippen molar-refractivity contribution < 1.29 is 13.3 Å². The monoisotopic (exact) mass is 429 g/mol. The van der Waals surface area contributed by atoms with E-state index in [9.17, 15) is 8.42 Å². The molecule has 3 heterocycles. The molecule has 0 aliphatic carbocycles. The Morgan fingerprint density at radius 3 is 2.52 bits per heavy atom. The molecule has 29 heavy (non-hydrogen) atoms. The van der Waals surface area contributed by atoms with E-state index in [4.69, 9.17) is 0 Å². The summed E-state index contributed by atoms with van der Waals surface area (Å²) >= 11 is 1.23. The molecule has 6 nitrogen and oxygen atoms in total. The maximum atomic E-state index is 12.6. The number of rotatable bonds is 7. The molecule has 0 spiro atoms. The standard InChI is InChI=1S/C21H24N4O2S2/c26-29(27,21-9-5-15-28-21)23-17-20(18-6-4-10-22-16-18)25-13-11-24(12-14-25)19-7-2-1-3-8-19/h1-10,15-16,20,23H,11-14,17H2/p+1. The van der Waals surface area contributed by atoms with Crippen LogP contribution in [0.1, 0.15) is 11.6 Å². The van der Waals surface area contributed by atoms with Gasteiger partial charge in [-0.15, -0.1) is 11.3 Å². The third-order valence-electron chi connectivity index (χ3n) is 5.34. The maximum absolute atomic E-state index is 12.6. The number of pyridine rings is 1. The van der Waals surface area contributed by atoms with E-state index >= 15 is 0 Å². The van der Waals surface area contributed by atoms with Crippen molar-refractivity contribution in [2.75, 3.05) is 37.6 Å². The molecule has 0 saturated carbocycles. The van der Waals surface area contributed by atoms with Crippen molar-refractivity contribution in [3.8, 4) is 0 Å². The summed E-state index contributed by atoms with van der Waals surface area (Å²) in [7, 11) is -3.49. The molecule has 0 radical (unpaired) electrons. The fourth-order valence-corrected chi connectivity index (χ4v) is 5.88. The van der Waals surface area contributed by atoms with Gasteiger partial charge >= 0.3 is 0 Å². The number of nitrogens with zero attached hydrogens (tertiary/aromatic N) is 2. The lowest BCUT2D eigenvalue weighted by molar-refractivity contribution is -0.930. The van der Waals surface area contributed by atoms with Crippen molar-refractivity contribution >= 4 is 27.0 Å². The summed E-state index contributed by atoms with van der Waals surface area (Å²) in [5, 5.41) is 1.78. The predicted molar refractivity (Wildman–Crippen MR) is 116 cm³/mol. The molecule has 1 aromatic carbocycles. The number of hydrogen-bond acceptors (Lipinski definition) is 5.